The van der Waals surface area contributed by atoms with E-state index in [4.69, 9.17) is 0 Å². The molecule has 0 saturated heterocycles. The van der Waals surface area contributed by atoms with E-state index >= 15 is 0 Å². The third kappa shape index (κ3) is 2.53. The van der Waals surface area contributed by atoms with Gasteiger partial charge in [-0.1, -0.05) is 36.0 Å². The van der Waals surface area contributed by atoms with Crippen LogP contribution in [0.1, 0.15) is 49.0 Å². The first-order valence-corrected chi connectivity index (χ1v) is 9.29. The third-order valence-corrected chi connectivity index (χ3v) is 5.61. The van der Waals surface area contributed by atoms with Crippen molar-refractivity contribution in [1.82, 2.24) is 19.7 Å². The Morgan fingerprint density at radius 3 is 2.74 bits per heavy atom. The second-order valence-corrected chi connectivity index (χ2v) is 7.44. The molecule has 23 heavy (non-hydrogen) atoms. The lowest BCUT2D eigenvalue weighted by molar-refractivity contribution is 0.627. The van der Waals surface area contributed by atoms with Gasteiger partial charge in [0.2, 0.25) is 0 Å². The fourth-order valence-corrected chi connectivity index (χ4v) is 4.11. The number of rotatable bonds is 5. The molecule has 4 nitrogen and oxygen atoms in total. The molecule has 2 heterocycles. The maximum atomic E-state index is 4.55. The van der Waals surface area contributed by atoms with E-state index in [2.05, 4.69) is 44.0 Å². The molecular weight excluding hydrogens is 304 g/mol. The molecule has 2 aromatic heterocycles. The monoisotopic (exact) mass is 322 g/mol. The number of pyridine rings is 1. The topological polar surface area (TPSA) is 43.6 Å². The predicted octanol–water partition coefficient (Wildman–Crippen LogP) is 4.33. The summed E-state index contributed by atoms with van der Waals surface area (Å²) in [6, 6.07) is 11.2. The molecule has 0 N–H and O–H groups in total. The van der Waals surface area contributed by atoms with Crippen molar-refractivity contribution in [3.05, 3.63) is 47.9 Å². The van der Waals surface area contributed by atoms with E-state index in [0.29, 0.717) is 12.0 Å². The van der Waals surface area contributed by atoms with Gasteiger partial charge in [-0.2, -0.15) is 0 Å². The van der Waals surface area contributed by atoms with Gasteiger partial charge in [0.15, 0.2) is 5.16 Å². The summed E-state index contributed by atoms with van der Waals surface area (Å²) in [5, 5.41) is 11.3. The zero-order valence-electron chi connectivity index (χ0n) is 12.9. The molecule has 3 aromatic rings. The minimum Gasteiger partial charge on any atom is -0.303 e. The van der Waals surface area contributed by atoms with Gasteiger partial charge in [-0.05, 0) is 37.3 Å². The molecule has 2 saturated carbocycles. The van der Waals surface area contributed by atoms with Crippen molar-refractivity contribution in [2.75, 3.05) is 0 Å². The number of thioether (sulfide) groups is 1. The van der Waals surface area contributed by atoms with Crippen LogP contribution < -0.4 is 0 Å². The zero-order chi connectivity index (χ0) is 15.2. The number of para-hydroxylation sites is 1. The summed E-state index contributed by atoms with van der Waals surface area (Å²) in [6.45, 7) is 0. The Labute approximate surface area is 139 Å². The van der Waals surface area contributed by atoms with Crippen molar-refractivity contribution in [1.29, 1.82) is 0 Å². The predicted molar refractivity (Wildman–Crippen MR) is 91.6 cm³/mol. The summed E-state index contributed by atoms with van der Waals surface area (Å²) < 4.78 is 2.42. The molecule has 116 valence electrons. The number of aromatic nitrogens is 4. The van der Waals surface area contributed by atoms with E-state index in [9.17, 15) is 0 Å². The summed E-state index contributed by atoms with van der Waals surface area (Å²) >= 11 is 1.80. The van der Waals surface area contributed by atoms with E-state index < -0.39 is 0 Å². The smallest absolute Gasteiger partial charge is 0.191 e. The molecule has 2 fully saturated rings. The molecule has 2 aliphatic rings. The second-order valence-electron chi connectivity index (χ2n) is 6.50. The minimum absolute atomic E-state index is 0.647. The van der Waals surface area contributed by atoms with Crippen LogP contribution in [0.25, 0.3) is 10.9 Å². The zero-order valence-corrected chi connectivity index (χ0v) is 13.7. The number of fused-ring (bicyclic) bond motifs is 1. The summed E-state index contributed by atoms with van der Waals surface area (Å²) in [7, 11) is 0. The van der Waals surface area contributed by atoms with Crippen LogP contribution in [0.3, 0.4) is 0 Å². The number of benzene rings is 1. The fourth-order valence-electron chi connectivity index (χ4n) is 3.11. The first kappa shape index (κ1) is 13.5. The lowest BCUT2D eigenvalue weighted by Gasteiger charge is -2.09. The quantitative estimate of drug-likeness (QED) is 0.656. The molecule has 0 aliphatic heterocycles. The van der Waals surface area contributed by atoms with Crippen LogP contribution in [0.15, 0.2) is 41.7 Å². The number of nitrogens with zero attached hydrogens (tertiary/aromatic N) is 4. The van der Waals surface area contributed by atoms with Gasteiger partial charge < -0.3 is 4.57 Å². The van der Waals surface area contributed by atoms with Gasteiger partial charge >= 0.3 is 0 Å². The van der Waals surface area contributed by atoms with E-state index in [0.717, 1.165) is 16.4 Å². The van der Waals surface area contributed by atoms with Crippen LogP contribution in [-0.2, 0) is 5.75 Å². The highest BCUT2D eigenvalue weighted by atomic mass is 32.2. The molecule has 0 radical (unpaired) electrons. The molecule has 0 unspecified atom stereocenters. The largest absolute Gasteiger partial charge is 0.303 e. The molecule has 5 heteroatoms. The molecular formula is C18H18N4S. The Kier molecular flexibility index (Phi) is 3.14. The van der Waals surface area contributed by atoms with Crippen LogP contribution in [-0.4, -0.2) is 19.7 Å². The van der Waals surface area contributed by atoms with Crippen LogP contribution >= 0.6 is 11.8 Å². The van der Waals surface area contributed by atoms with E-state index in [1.807, 2.05) is 12.3 Å². The highest BCUT2D eigenvalue weighted by Gasteiger charge is 2.36. The van der Waals surface area contributed by atoms with Gasteiger partial charge in [0, 0.05) is 29.3 Å². The maximum Gasteiger partial charge on any atom is 0.191 e. The van der Waals surface area contributed by atoms with Crippen LogP contribution in [0.2, 0.25) is 0 Å². The molecule has 1 aromatic carbocycles. The summed E-state index contributed by atoms with van der Waals surface area (Å²) in [5.74, 6) is 2.78. The minimum atomic E-state index is 0.647. The Morgan fingerprint density at radius 1 is 1.04 bits per heavy atom. The van der Waals surface area contributed by atoms with Crippen molar-refractivity contribution in [2.45, 2.75) is 48.6 Å². The van der Waals surface area contributed by atoms with Crippen molar-refractivity contribution in [2.24, 2.45) is 0 Å². The van der Waals surface area contributed by atoms with E-state index in [1.54, 1.807) is 11.8 Å². The Hall–Kier alpha value is -1.88. The van der Waals surface area contributed by atoms with Gasteiger partial charge in [-0.15, -0.1) is 10.2 Å². The molecule has 2 aliphatic carbocycles. The molecule has 0 bridgehead atoms. The van der Waals surface area contributed by atoms with Crippen LogP contribution in [0.5, 0.6) is 0 Å². The second kappa shape index (κ2) is 5.34. The lowest BCUT2D eigenvalue weighted by Crippen LogP contribution is -2.02. The highest BCUT2D eigenvalue weighted by Crippen LogP contribution is 2.46. The van der Waals surface area contributed by atoms with E-state index in [-0.39, 0.29) is 0 Å². The maximum absolute atomic E-state index is 4.55. The summed E-state index contributed by atoms with van der Waals surface area (Å²) in [5.41, 5.74) is 2.37. The number of hydrogen-bond donors (Lipinski definition) is 0. The lowest BCUT2D eigenvalue weighted by atomic mass is 10.1. The standard InChI is InChI=1S/C18H18N4S/c1-3-12-5-2-10-19-16(12)14(4-1)11-23-18-21-20-17(13-6-7-13)22(18)15-8-9-15/h1-5,10,13,15H,6-9,11H2. The SMILES string of the molecule is c1cnc2c(CSc3nnc(C4CC4)n3C3CC3)cccc2c1. The van der Waals surface area contributed by atoms with Crippen molar-refractivity contribution >= 4 is 22.7 Å². The Morgan fingerprint density at radius 2 is 1.91 bits per heavy atom. The van der Waals surface area contributed by atoms with Gasteiger partial charge in [-0.3, -0.25) is 4.98 Å². The van der Waals surface area contributed by atoms with Crippen molar-refractivity contribution in [3.63, 3.8) is 0 Å². The van der Waals surface area contributed by atoms with Crippen LogP contribution in [0.4, 0.5) is 0 Å². The first-order valence-electron chi connectivity index (χ1n) is 8.30. The Bertz CT molecular complexity index is 859. The third-order valence-electron chi connectivity index (χ3n) is 4.62. The molecule has 0 atom stereocenters. The molecule has 5 rings (SSSR count). The molecule has 0 spiro atoms. The normalized spacial score (nSPS) is 17.7. The summed E-state index contributed by atoms with van der Waals surface area (Å²) in [4.78, 5) is 4.55. The molecule has 0 amide bonds. The van der Waals surface area contributed by atoms with Crippen molar-refractivity contribution < 1.29 is 0 Å². The number of hydrogen-bond acceptors (Lipinski definition) is 4. The van der Waals surface area contributed by atoms with Crippen LogP contribution in [0, 0.1) is 0 Å². The van der Waals surface area contributed by atoms with Gasteiger partial charge in [0.05, 0.1) is 5.52 Å². The van der Waals surface area contributed by atoms with Gasteiger partial charge in [0.25, 0.3) is 0 Å². The fraction of sp³-hybridized carbons (Fsp3) is 0.389. The van der Waals surface area contributed by atoms with Gasteiger partial charge in [-0.25, -0.2) is 0 Å². The summed E-state index contributed by atoms with van der Waals surface area (Å²) in [6.07, 6.45) is 6.99. The first-order chi connectivity index (χ1) is 11.4. The van der Waals surface area contributed by atoms with E-state index in [1.165, 1.54) is 42.5 Å². The Balaban J connectivity index is 1.44. The van der Waals surface area contributed by atoms with Gasteiger partial charge in [0.1, 0.15) is 5.82 Å². The average molecular weight is 322 g/mol. The average Bonchev–Trinajstić information content (AvgIpc) is 3.51. The van der Waals surface area contributed by atoms with Crippen molar-refractivity contribution in [3.8, 4) is 0 Å². The highest BCUT2D eigenvalue weighted by molar-refractivity contribution is 7.98.